The number of nitrogens with zero attached hydrogens (tertiary/aromatic N) is 2. The van der Waals surface area contributed by atoms with E-state index in [1.165, 1.54) is 18.5 Å². The minimum Gasteiger partial charge on any atom is -0.372 e. The highest BCUT2D eigenvalue weighted by molar-refractivity contribution is 6.30. The molecule has 2 heterocycles. The van der Waals surface area contributed by atoms with Gasteiger partial charge in [-0.3, -0.25) is 4.79 Å². The smallest absolute Gasteiger partial charge is 0.257 e. The lowest BCUT2D eigenvalue weighted by Gasteiger charge is -2.17. The zero-order chi connectivity index (χ0) is 19.3. The Morgan fingerprint density at radius 2 is 1.57 bits per heavy atom. The first-order chi connectivity index (χ1) is 13.7. The fraction of sp³-hybridized carbons (Fsp3) is 0.182. The van der Waals surface area contributed by atoms with E-state index in [9.17, 15) is 4.79 Å². The van der Waals surface area contributed by atoms with Crippen molar-refractivity contribution in [3.8, 4) is 0 Å². The second kappa shape index (κ2) is 8.31. The molecule has 0 aliphatic carbocycles. The summed E-state index contributed by atoms with van der Waals surface area (Å²) >= 11 is 5.89. The van der Waals surface area contributed by atoms with Crippen LogP contribution in [0.15, 0.2) is 66.9 Å². The van der Waals surface area contributed by atoms with Gasteiger partial charge < -0.3 is 15.5 Å². The topological polar surface area (TPSA) is 57.3 Å². The first-order valence-corrected chi connectivity index (χ1v) is 9.70. The summed E-state index contributed by atoms with van der Waals surface area (Å²) in [6, 6.07) is 18.9. The van der Waals surface area contributed by atoms with Crippen molar-refractivity contribution in [1.82, 2.24) is 4.98 Å². The van der Waals surface area contributed by atoms with E-state index in [0.717, 1.165) is 24.5 Å². The van der Waals surface area contributed by atoms with Gasteiger partial charge in [-0.2, -0.15) is 0 Å². The predicted molar refractivity (Wildman–Crippen MR) is 115 cm³/mol. The molecule has 5 nitrogen and oxygen atoms in total. The molecule has 4 rings (SSSR count). The zero-order valence-electron chi connectivity index (χ0n) is 15.4. The Balaban J connectivity index is 1.37. The van der Waals surface area contributed by atoms with Crippen LogP contribution in [0.4, 0.5) is 22.9 Å². The molecular weight excluding hydrogens is 372 g/mol. The molecule has 0 saturated carbocycles. The number of amides is 1. The average Bonchev–Trinajstić information content (AvgIpc) is 3.26. The molecule has 1 fully saturated rings. The number of pyridine rings is 1. The maximum Gasteiger partial charge on any atom is 0.257 e. The van der Waals surface area contributed by atoms with Gasteiger partial charge in [0.25, 0.3) is 5.91 Å². The van der Waals surface area contributed by atoms with Crippen molar-refractivity contribution in [3.63, 3.8) is 0 Å². The summed E-state index contributed by atoms with van der Waals surface area (Å²) in [5, 5.41) is 6.77. The van der Waals surface area contributed by atoms with Crippen LogP contribution in [-0.4, -0.2) is 24.0 Å². The van der Waals surface area contributed by atoms with E-state index in [4.69, 9.17) is 11.6 Å². The summed E-state index contributed by atoms with van der Waals surface area (Å²) in [4.78, 5) is 19.1. The summed E-state index contributed by atoms with van der Waals surface area (Å²) in [5.41, 5.74) is 3.36. The van der Waals surface area contributed by atoms with Crippen molar-refractivity contribution < 1.29 is 4.79 Å². The Morgan fingerprint density at radius 1 is 0.893 bits per heavy atom. The van der Waals surface area contributed by atoms with Crippen molar-refractivity contribution in [2.75, 3.05) is 28.6 Å². The number of hydrogen-bond donors (Lipinski definition) is 2. The number of aromatic nitrogens is 1. The fourth-order valence-corrected chi connectivity index (χ4v) is 3.34. The van der Waals surface area contributed by atoms with Gasteiger partial charge in [0.2, 0.25) is 0 Å². The molecule has 28 heavy (non-hydrogen) atoms. The largest absolute Gasteiger partial charge is 0.372 e. The molecular formula is C22H21ClN4O. The molecule has 1 aliphatic rings. The number of benzene rings is 2. The zero-order valence-corrected chi connectivity index (χ0v) is 16.1. The molecule has 0 unspecified atom stereocenters. The first-order valence-electron chi connectivity index (χ1n) is 9.32. The van der Waals surface area contributed by atoms with Crippen molar-refractivity contribution in [2.24, 2.45) is 0 Å². The maximum absolute atomic E-state index is 12.5. The van der Waals surface area contributed by atoms with Crippen LogP contribution in [0.5, 0.6) is 0 Å². The van der Waals surface area contributed by atoms with Crippen LogP contribution >= 0.6 is 11.6 Å². The maximum atomic E-state index is 12.5. The van der Waals surface area contributed by atoms with Gasteiger partial charge in [-0.25, -0.2) is 4.98 Å². The first kappa shape index (κ1) is 18.3. The van der Waals surface area contributed by atoms with E-state index in [-0.39, 0.29) is 5.91 Å². The minimum absolute atomic E-state index is 0.181. The van der Waals surface area contributed by atoms with Crippen molar-refractivity contribution in [2.45, 2.75) is 12.8 Å². The fourth-order valence-electron chi connectivity index (χ4n) is 3.22. The molecule has 6 heteroatoms. The van der Waals surface area contributed by atoms with E-state index in [1.807, 2.05) is 24.3 Å². The van der Waals surface area contributed by atoms with Crippen LogP contribution in [0, 0.1) is 0 Å². The Labute approximate surface area is 169 Å². The van der Waals surface area contributed by atoms with E-state index in [1.54, 1.807) is 30.5 Å². The number of rotatable bonds is 5. The Morgan fingerprint density at radius 3 is 2.21 bits per heavy atom. The van der Waals surface area contributed by atoms with Gasteiger partial charge in [0.05, 0.1) is 5.56 Å². The van der Waals surface area contributed by atoms with Crippen LogP contribution in [-0.2, 0) is 0 Å². The summed E-state index contributed by atoms with van der Waals surface area (Å²) < 4.78 is 0. The van der Waals surface area contributed by atoms with Crippen molar-refractivity contribution in [1.29, 1.82) is 0 Å². The molecule has 2 aromatic carbocycles. The van der Waals surface area contributed by atoms with Gasteiger partial charge in [0.15, 0.2) is 0 Å². The molecule has 142 valence electrons. The standard InChI is InChI=1S/C22H21ClN4O/c23-17-4-6-18(7-5-17)25-21-12-3-16(15-24-21)22(28)26-19-8-10-20(11-9-19)27-13-1-2-14-27/h3-12,15H,1-2,13-14H2,(H,24,25)(H,26,28). The van der Waals surface area contributed by atoms with E-state index < -0.39 is 0 Å². The van der Waals surface area contributed by atoms with Gasteiger partial charge >= 0.3 is 0 Å². The minimum atomic E-state index is -0.181. The molecule has 0 radical (unpaired) electrons. The van der Waals surface area contributed by atoms with Crippen molar-refractivity contribution >= 4 is 40.4 Å². The number of carbonyl (C=O) groups excluding carboxylic acids is 1. The van der Waals surface area contributed by atoms with Crippen LogP contribution in [0.1, 0.15) is 23.2 Å². The van der Waals surface area contributed by atoms with Crippen LogP contribution < -0.4 is 15.5 Å². The molecule has 1 saturated heterocycles. The Bertz CT molecular complexity index is 934. The number of anilines is 4. The number of nitrogens with one attached hydrogen (secondary N) is 2. The summed E-state index contributed by atoms with van der Waals surface area (Å²) in [5.74, 6) is 0.480. The molecule has 1 aromatic heterocycles. The lowest BCUT2D eigenvalue weighted by molar-refractivity contribution is 0.102. The number of carbonyl (C=O) groups is 1. The quantitative estimate of drug-likeness (QED) is 0.616. The second-order valence-electron chi connectivity index (χ2n) is 6.76. The number of hydrogen-bond acceptors (Lipinski definition) is 4. The Kier molecular flexibility index (Phi) is 5.44. The third kappa shape index (κ3) is 4.43. The van der Waals surface area contributed by atoms with Crippen LogP contribution in [0.3, 0.4) is 0 Å². The normalized spacial score (nSPS) is 13.4. The highest BCUT2D eigenvalue weighted by Crippen LogP contribution is 2.22. The predicted octanol–water partition coefficient (Wildman–Crippen LogP) is 5.33. The monoisotopic (exact) mass is 392 g/mol. The molecule has 1 amide bonds. The third-order valence-electron chi connectivity index (χ3n) is 4.74. The van der Waals surface area contributed by atoms with Gasteiger partial charge in [0.1, 0.15) is 5.82 Å². The van der Waals surface area contributed by atoms with Gasteiger partial charge in [-0.05, 0) is 73.5 Å². The van der Waals surface area contributed by atoms with Gasteiger partial charge in [-0.1, -0.05) is 11.6 Å². The van der Waals surface area contributed by atoms with Crippen LogP contribution in [0.2, 0.25) is 5.02 Å². The van der Waals surface area contributed by atoms with E-state index in [2.05, 4.69) is 32.7 Å². The summed E-state index contributed by atoms with van der Waals surface area (Å²) in [7, 11) is 0. The van der Waals surface area contributed by atoms with E-state index >= 15 is 0 Å². The van der Waals surface area contributed by atoms with Crippen molar-refractivity contribution in [3.05, 3.63) is 77.4 Å². The van der Waals surface area contributed by atoms with Crippen LogP contribution in [0.25, 0.3) is 0 Å². The molecule has 2 N–H and O–H groups in total. The second-order valence-corrected chi connectivity index (χ2v) is 7.20. The molecule has 1 aliphatic heterocycles. The van der Waals surface area contributed by atoms with E-state index in [0.29, 0.717) is 16.4 Å². The summed E-state index contributed by atoms with van der Waals surface area (Å²) in [6.07, 6.45) is 4.05. The number of halogens is 1. The van der Waals surface area contributed by atoms with Gasteiger partial charge in [-0.15, -0.1) is 0 Å². The average molecular weight is 393 g/mol. The van der Waals surface area contributed by atoms with Gasteiger partial charge in [0, 0.05) is 41.4 Å². The highest BCUT2D eigenvalue weighted by Gasteiger charge is 2.12. The Hall–Kier alpha value is -3.05. The third-order valence-corrected chi connectivity index (χ3v) is 4.99. The lowest BCUT2D eigenvalue weighted by Crippen LogP contribution is -2.17. The molecule has 0 atom stereocenters. The molecule has 0 bridgehead atoms. The molecule has 0 spiro atoms. The lowest BCUT2D eigenvalue weighted by atomic mass is 10.2. The SMILES string of the molecule is O=C(Nc1ccc(N2CCCC2)cc1)c1ccc(Nc2ccc(Cl)cc2)nc1. The highest BCUT2D eigenvalue weighted by atomic mass is 35.5. The summed E-state index contributed by atoms with van der Waals surface area (Å²) in [6.45, 7) is 2.21. The molecule has 3 aromatic rings.